The van der Waals surface area contributed by atoms with Gasteiger partial charge in [0.1, 0.15) is 0 Å². The summed E-state index contributed by atoms with van der Waals surface area (Å²) in [4.78, 5) is 12.0. The number of carbonyl (C=O) groups excluding carboxylic acids is 1. The molecule has 0 unspecified atom stereocenters. The minimum absolute atomic E-state index is 0.0360. The number of hydrogen-bond acceptors (Lipinski definition) is 2. The van der Waals surface area contributed by atoms with Gasteiger partial charge in [0.25, 0.3) is 5.91 Å². The average molecular weight is 283 g/mol. The molecule has 2 aromatic rings. The molecule has 0 saturated heterocycles. The Morgan fingerprint density at radius 1 is 1.00 bits per heavy atom. The number of rotatable bonds is 7. The second kappa shape index (κ2) is 8.22. The van der Waals surface area contributed by atoms with Crippen molar-refractivity contribution in [3.8, 4) is 11.1 Å². The first-order chi connectivity index (χ1) is 10.3. The van der Waals surface area contributed by atoms with Crippen LogP contribution in [0.5, 0.6) is 0 Å². The standard InChI is InChI=1S/C18H21NO2/c1-2-21-14-6-13-19-18(20)17-11-9-16(10-12-17)15-7-4-3-5-8-15/h3-5,7-12H,2,6,13-14H2,1H3,(H,19,20). The van der Waals surface area contributed by atoms with Crippen molar-refractivity contribution >= 4 is 5.91 Å². The van der Waals surface area contributed by atoms with E-state index in [0.717, 1.165) is 24.2 Å². The summed E-state index contributed by atoms with van der Waals surface area (Å²) >= 11 is 0. The zero-order valence-corrected chi connectivity index (χ0v) is 12.3. The lowest BCUT2D eigenvalue weighted by Gasteiger charge is -2.06. The molecular formula is C18H21NO2. The van der Waals surface area contributed by atoms with Crippen LogP contribution in [0.3, 0.4) is 0 Å². The Kier molecular flexibility index (Phi) is 5.98. The number of hydrogen-bond donors (Lipinski definition) is 1. The van der Waals surface area contributed by atoms with E-state index in [-0.39, 0.29) is 5.91 Å². The summed E-state index contributed by atoms with van der Waals surface area (Å²) in [5.74, 6) is -0.0360. The molecule has 0 heterocycles. The van der Waals surface area contributed by atoms with Crippen LogP contribution in [0.2, 0.25) is 0 Å². The largest absolute Gasteiger partial charge is 0.382 e. The van der Waals surface area contributed by atoms with E-state index < -0.39 is 0 Å². The molecule has 0 spiro atoms. The molecule has 2 aromatic carbocycles. The molecule has 0 radical (unpaired) electrons. The fraction of sp³-hybridized carbons (Fsp3) is 0.278. The van der Waals surface area contributed by atoms with Crippen LogP contribution < -0.4 is 5.32 Å². The third-order valence-corrected chi connectivity index (χ3v) is 3.21. The fourth-order valence-corrected chi connectivity index (χ4v) is 2.07. The highest BCUT2D eigenvalue weighted by Gasteiger charge is 2.05. The number of amides is 1. The van der Waals surface area contributed by atoms with Crippen LogP contribution in [-0.4, -0.2) is 25.7 Å². The third-order valence-electron chi connectivity index (χ3n) is 3.21. The molecule has 0 aromatic heterocycles. The van der Waals surface area contributed by atoms with Gasteiger partial charge in [-0.2, -0.15) is 0 Å². The van der Waals surface area contributed by atoms with Gasteiger partial charge in [0.15, 0.2) is 0 Å². The quantitative estimate of drug-likeness (QED) is 0.790. The maximum atomic E-state index is 12.0. The molecule has 0 aliphatic heterocycles. The van der Waals surface area contributed by atoms with Crippen molar-refractivity contribution in [2.75, 3.05) is 19.8 Å². The average Bonchev–Trinajstić information content (AvgIpc) is 2.55. The second-order valence-corrected chi connectivity index (χ2v) is 4.75. The van der Waals surface area contributed by atoms with E-state index in [1.54, 1.807) is 0 Å². The monoisotopic (exact) mass is 283 g/mol. The van der Waals surface area contributed by atoms with Crippen LogP contribution in [-0.2, 0) is 4.74 Å². The summed E-state index contributed by atoms with van der Waals surface area (Å²) in [6.07, 6.45) is 0.835. The van der Waals surface area contributed by atoms with E-state index in [9.17, 15) is 4.79 Å². The first-order valence-corrected chi connectivity index (χ1v) is 7.32. The van der Waals surface area contributed by atoms with Crippen LogP contribution in [0, 0.1) is 0 Å². The molecule has 0 aliphatic carbocycles. The Hall–Kier alpha value is -2.13. The molecule has 3 nitrogen and oxygen atoms in total. The van der Waals surface area contributed by atoms with Gasteiger partial charge in [0.05, 0.1) is 0 Å². The van der Waals surface area contributed by atoms with E-state index in [4.69, 9.17) is 4.74 Å². The van der Waals surface area contributed by atoms with Gasteiger partial charge in [-0.1, -0.05) is 42.5 Å². The Balaban J connectivity index is 1.88. The minimum Gasteiger partial charge on any atom is -0.382 e. The molecule has 1 amide bonds. The minimum atomic E-state index is -0.0360. The number of ether oxygens (including phenoxy) is 1. The van der Waals surface area contributed by atoms with Gasteiger partial charge in [0, 0.05) is 25.3 Å². The highest BCUT2D eigenvalue weighted by atomic mass is 16.5. The van der Waals surface area contributed by atoms with Crippen molar-refractivity contribution in [2.24, 2.45) is 0 Å². The van der Waals surface area contributed by atoms with Crippen LogP contribution >= 0.6 is 0 Å². The highest BCUT2D eigenvalue weighted by molar-refractivity contribution is 5.94. The van der Waals surface area contributed by atoms with Crippen molar-refractivity contribution < 1.29 is 9.53 Å². The van der Waals surface area contributed by atoms with Crippen molar-refractivity contribution in [1.29, 1.82) is 0 Å². The highest BCUT2D eigenvalue weighted by Crippen LogP contribution is 2.19. The van der Waals surface area contributed by atoms with Gasteiger partial charge in [-0.25, -0.2) is 0 Å². The Labute approximate surface area is 126 Å². The van der Waals surface area contributed by atoms with E-state index in [2.05, 4.69) is 17.4 Å². The zero-order valence-electron chi connectivity index (χ0n) is 12.3. The van der Waals surface area contributed by atoms with Crippen LogP contribution in [0.25, 0.3) is 11.1 Å². The molecule has 3 heteroatoms. The predicted octanol–water partition coefficient (Wildman–Crippen LogP) is 3.51. The van der Waals surface area contributed by atoms with E-state index >= 15 is 0 Å². The third kappa shape index (κ3) is 4.72. The van der Waals surface area contributed by atoms with E-state index in [1.807, 2.05) is 49.4 Å². The lowest BCUT2D eigenvalue weighted by molar-refractivity contribution is 0.0944. The van der Waals surface area contributed by atoms with Crippen LogP contribution in [0.1, 0.15) is 23.7 Å². The molecule has 0 saturated carbocycles. The van der Waals surface area contributed by atoms with Gasteiger partial charge < -0.3 is 10.1 Å². The Bertz CT molecular complexity index is 549. The lowest BCUT2D eigenvalue weighted by Crippen LogP contribution is -2.25. The van der Waals surface area contributed by atoms with Gasteiger partial charge in [0.2, 0.25) is 0 Å². The number of benzene rings is 2. The summed E-state index contributed by atoms with van der Waals surface area (Å²) in [5, 5.41) is 2.90. The summed E-state index contributed by atoms with van der Waals surface area (Å²) in [6, 6.07) is 17.8. The molecular weight excluding hydrogens is 262 g/mol. The van der Waals surface area contributed by atoms with Crippen molar-refractivity contribution in [3.63, 3.8) is 0 Å². The topological polar surface area (TPSA) is 38.3 Å². The van der Waals surface area contributed by atoms with Crippen molar-refractivity contribution in [1.82, 2.24) is 5.32 Å². The summed E-state index contributed by atoms with van der Waals surface area (Å²) in [5.41, 5.74) is 2.95. The summed E-state index contributed by atoms with van der Waals surface area (Å²) in [6.45, 7) is 4.00. The molecule has 1 N–H and O–H groups in total. The van der Waals surface area contributed by atoms with Crippen LogP contribution in [0.15, 0.2) is 54.6 Å². The van der Waals surface area contributed by atoms with Crippen LogP contribution in [0.4, 0.5) is 0 Å². The van der Waals surface area contributed by atoms with Crippen molar-refractivity contribution in [3.05, 3.63) is 60.2 Å². The normalized spacial score (nSPS) is 10.3. The Morgan fingerprint density at radius 3 is 2.33 bits per heavy atom. The van der Waals surface area contributed by atoms with Gasteiger partial charge in [-0.15, -0.1) is 0 Å². The van der Waals surface area contributed by atoms with Crippen molar-refractivity contribution in [2.45, 2.75) is 13.3 Å². The maximum absolute atomic E-state index is 12.0. The zero-order chi connectivity index (χ0) is 14.9. The van der Waals surface area contributed by atoms with Gasteiger partial charge >= 0.3 is 0 Å². The molecule has 0 aliphatic rings. The van der Waals surface area contributed by atoms with Gasteiger partial charge in [-0.3, -0.25) is 4.79 Å². The first kappa shape index (κ1) is 15.3. The number of nitrogens with one attached hydrogen (secondary N) is 1. The molecule has 0 fully saturated rings. The van der Waals surface area contributed by atoms with Gasteiger partial charge in [-0.05, 0) is 36.6 Å². The first-order valence-electron chi connectivity index (χ1n) is 7.32. The molecule has 21 heavy (non-hydrogen) atoms. The summed E-state index contributed by atoms with van der Waals surface area (Å²) < 4.78 is 5.23. The molecule has 0 atom stereocenters. The second-order valence-electron chi connectivity index (χ2n) is 4.75. The summed E-state index contributed by atoms with van der Waals surface area (Å²) in [7, 11) is 0. The maximum Gasteiger partial charge on any atom is 0.251 e. The lowest BCUT2D eigenvalue weighted by atomic mass is 10.0. The smallest absolute Gasteiger partial charge is 0.251 e. The van der Waals surface area contributed by atoms with E-state index in [0.29, 0.717) is 18.7 Å². The Morgan fingerprint density at radius 2 is 1.67 bits per heavy atom. The molecule has 2 rings (SSSR count). The number of carbonyl (C=O) groups is 1. The van der Waals surface area contributed by atoms with E-state index in [1.165, 1.54) is 0 Å². The fourth-order valence-electron chi connectivity index (χ4n) is 2.07. The molecule has 0 bridgehead atoms. The predicted molar refractivity (Wildman–Crippen MR) is 85.3 cm³/mol. The SMILES string of the molecule is CCOCCCNC(=O)c1ccc(-c2ccccc2)cc1. The molecule has 110 valence electrons.